The number of benzene rings is 2. The predicted octanol–water partition coefficient (Wildman–Crippen LogP) is 3.71. The van der Waals surface area contributed by atoms with Crippen molar-refractivity contribution in [3.05, 3.63) is 77.9 Å². The second-order valence-corrected chi connectivity index (χ2v) is 9.20. The van der Waals surface area contributed by atoms with E-state index in [1.165, 1.54) is 24.4 Å². The molecule has 1 heterocycles. The molecule has 1 unspecified atom stereocenters. The second kappa shape index (κ2) is 9.05. The Morgan fingerprint density at radius 3 is 2.66 bits per heavy atom. The molecule has 0 fully saturated rings. The van der Waals surface area contributed by atoms with Gasteiger partial charge in [0.2, 0.25) is 10.0 Å². The highest BCUT2D eigenvalue weighted by atomic mass is 32.2. The van der Waals surface area contributed by atoms with Crippen LogP contribution in [0.25, 0.3) is 11.1 Å². The van der Waals surface area contributed by atoms with Crippen molar-refractivity contribution in [3.63, 3.8) is 0 Å². The highest BCUT2D eigenvalue weighted by Gasteiger charge is 2.27. The highest BCUT2D eigenvalue weighted by molar-refractivity contribution is 7.89. The summed E-state index contributed by atoms with van der Waals surface area (Å²) in [5, 5.41) is 8.88. The first kappa shape index (κ1) is 21.9. The number of aromatic nitrogens is 1. The maximum absolute atomic E-state index is 13.4. The molecule has 4 rings (SSSR count). The van der Waals surface area contributed by atoms with Crippen molar-refractivity contribution in [3.8, 4) is 16.9 Å². The summed E-state index contributed by atoms with van der Waals surface area (Å²) < 4.78 is 47.6. The summed E-state index contributed by atoms with van der Waals surface area (Å²) in [6.45, 7) is -0.458. The lowest BCUT2D eigenvalue weighted by Crippen LogP contribution is -2.31. The average Bonchev–Trinajstić information content (AvgIpc) is 2.78. The summed E-state index contributed by atoms with van der Waals surface area (Å²) >= 11 is 0. The minimum atomic E-state index is -3.82. The van der Waals surface area contributed by atoms with Gasteiger partial charge >= 0.3 is 5.97 Å². The smallest absolute Gasteiger partial charge is 0.341 e. The van der Waals surface area contributed by atoms with Gasteiger partial charge in [0.15, 0.2) is 6.61 Å². The zero-order valence-electron chi connectivity index (χ0n) is 17.0. The fraction of sp³-hybridized carbons (Fsp3) is 0.217. The topological polar surface area (TPSA) is 106 Å². The Morgan fingerprint density at radius 2 is 1.94 bits per heavy atom. The first-order valence-electron chi connectivity index (χ1n) is 10.0. The van der Waals surface area contributed by atoms with Gasteiger partial charge in [0.1, 0.15) is 11.6 Å². The standard InChI is InChI=1S/C23H21FN2O5S/c24-17-11-16(12-25-13-17)15-7-9-18(10-8-15)32(29,30)26-21-5-1-4-20-19(21)3-2-6-22(20)31-14-23(27)28/h2-3,6-13,21,26H,1,4-5,14H2,(H,27,28). The number of ether oxygens (including phenoxy) is 1. The SMILES string of the molecule is O=C(O)COc1cccc2c1CCCC2NS(=O)(=O)c1ccc(-c2cncc(F)c2)cc1. The molecule has 1 aliphatic carbocycles. The number of carboxylic acids is 1. The first-order chi connectivity index (χ1) is 15.3. The van der Waals surface area contributed by atoms with Gasteiger partial charge in [-0.1, -0.05) is 24.3 Å². The van der Waals surface area contributed by atoms with Gasteiger partial charge in [0.05, 0.1) is 11.1 Å². The molecule has 7 nitrogen and oxygen atoms in total. The van der Waals surface area contributed by atoms with Crippen molar-refractivity contribution in [1.29, 1.82) is 0 Å². The molecule has 1 atom stereocenters. The molecule has 9 heteroatoms. The molecule has 0 spiro atoms. The number of pyridine rings is 1. The number of halogens is 1. The maximum atomic E-state index is 13.4. The Hall–Kier alpha value is -3.30. The zero-order valence-corrected chi connectivity index (χ0v) is 17.8. The van der Waals surface area contributed by atoms with Gasteiger partial charge in [-0.2, -0.15) is 0 Å². The van der Waals surface area contributed by atoms with Gasteiger partial charge in [0.25, 0.3) is 0 Å². The fourth-order valence-electron chi connectivity index (χ4n) is 3.86. The van der Waals surface area contributed by atoms with E-state index < -0.39 is 34.5 Å². The van der Waals surface area contributed by atoms with Crippen molar-refractivity contribution < 1.29 is 27.4 Å². The molecule has 0 amide bonds. The number of hydrogen-bond donors (Lipinski definition) is 2. The predicted molar refractivity (Wildman–Crippen MR) is 115 cm³/mol. The first-order valence-corrected chi connectivity index (χ1v) is 11.5. The van der Waals surface area contributed by atoms with Crippen LogP contribution >= 0.6 is 0 Å². The molecular formula is C23H21FN2O5S. The van der Waals surface area contributed by atoms with E-state index in [1.54, 1.807) is 24.3 Å². The van der Waals surface area contributed by atoms with Crippen LogP contribution in [-0.4, -0.2) is 31.1 Å². The molecule has 1 aromatic heterocycles. The number of carboxylic acid groups (broad SMARTS) is 1. The minimum absolute atomic E-state index is 0.0935. The van der Waals surface area contributed by atoms with E-state index in [2.05, 4.69) is 9.71 Å². The Balaban J connectivity index is 1.56. The molecule has 2 aromatic carbocycles. The maximum Gasteiger partial charge on any atom is 0.341 e. The summed E-state index contributed by atoms with van der Waals surface area (Å²) in [4.78, 5) is 14.7. The van der Waals surface area contributed by atoms with Gasteiger partial charge in [-0.3, -0.25) is 4.98 Å². The quantitative estimate of drug-likeness (QED) is 0.562. The van der Waals surface area contributed by atoms with E-state index in [1.807, 2.05) is 6.07 Å². The lowest BCUT2D eigenvalue weighted by atomic mass is 9.87. The van der Waals surface area contributed by atoms with Crippen LogP contribution in [0.3, 0.4) is 0 Å². The number of nitrogens with one attached hydrogen (secondary N) is 1. The zero-order chi connectivity index (χ0) is 22.7. The molecule has 166 valence electrons. The average molecular weight is 456 g/mol. The number of rotatable bonds is 7. The Kier molecular flexibility index (Phi) is 6.20. The molecule has 0 saturated heterocycles. The van der Waals surface area contributed by atoms with Gasteiger partial charge in [-0.25, -0.2) is 22.3 Å². The van der Waals surface area contributed by atoms with Crippen molar-refractivity contribution >= 4 is 16.0 Å². The van der Waals surface area contributed by atoms with Crippen LogP contribution < -0.4 is 9.46 Å². The van der Waals surface area contributed by atoms with Crippen molar-refractivity contribution in [2.45, 2.75) is 30.2 Å². The summed E-state index contributed by atoms with van der Waals surface area (Å²) in [7, 11) is -3.82. The van der Waals surface area contributed by atoms with Gasteiger partial charge in [-0.05, 0) is 60.2 Å². The van der Waals surface area contributed by atoms with Crippen molar-refractivity contribution in [1.82, 2.24) is 9.71 Å². The summed E-state index contributed by atoms with van der Waals surface area (Å²) in [6, 6.07) is 12.3. The summed E-state index contributed by atoms with van der Waals surface area (Å²) in [6.07, 6.45) is 4.64. The van der Waals surface area contributed by atoms with E-state index in [0.29, 0.717) is 29.7 Å². The number of sulfonamides is 1. The molecule has 1 aliphatic rings. The number of fused-ring (bicyclic) bond motifs is 1. The van der Waals surface area contributed by atoms with Gasteiger partial charge in [0, 0.05) is 17.8 Å². The monoisotopic (exact) mass is 456 g/mol. The number of nitrogens with zero attached hydrogens (tertiary/aromatic N) is 1. The van der Waals surface area contributed by atoms with Crippen LogP contribution in [0.15, 0.2) is 65.8 Å². The Bertz CT molecular complexity index is 1250. The van der Waals surface area contributed by atoms with Crippen LogP contribution in [-0.2, 0) is 21.2 Å². The lowest BCUT2D eigenvalue weighted by Gasteiger charge is -2.27. The Morgan fingerprint density at radius 1 is 1.16 bits per heavy atom. The third-order valence-electron chi connectivity index (χ3n) is 5.32. The van der Waals surface area contributed by atoms with E-state index in [0.717, 1.165) is 23.7 Å². The third-order valence-corrected chi connectivity index (χ3v) is 6.80. The second-order valence-electron chi connectivity index (χ2n) is 7.49. The molecule has 0 aliphatic heterocycles. The third kappa shape index (κ3) is 4.79. The highest BCUT2D eigenvalue weighted by Crippen LogP contribution is 2.36. The van der Waals surface area contributed by atoms with Crippen LogP contribution in [0.5, 0.6) is 5.75 Å². The van der Waals surface area contributed by atoms with Crippen LogP contribution in [0.1, 0.15) is 30.0 Å². The van der Waals surface area contributed by atoms with Crippen molar-refractivity contribution in [2.75, 3.05) is 6.61 Å². The molecule has 32 heavy (non-hydrogen) atoms. The molecular weight excluding hydrogens is 435 g/mol. The minimum Gasteiger partial charge on any atom is -0.482 e. The molecule has 3 aromatic rings. The van der Waals surface area contributed by atoms with E-state index in [4.69, 9.17) is 9.84 Å². The number of carbonyl (C=O) groups is 1. The molecule has 0 saturated carbocycles. The normalized spacial score (nSPS) is 15.7. The van der Waals surface area contributed by atoms with E-state index >= 15 is 0 Å². The summed E-state index contributed by atoms with van der Waals surface area (Å²) in [5.41, 5.74) is 2.81. The number of hydrogen-bond acceptors (Lipinski definition) is 5. The van der Waals surface area contributed by atoms with Crippen LogP contribution in [0.2, 0.25) is 0 Å². The van der Waals surface area contributed by atoms with Gasteiger partial charge < -0.3 is 9.84 Å². The largest absolute Gasteiger partial charge is 0.482 e. The van der Waals surface area contributed by atoms with E-state index in [9.17, 15) is 17.6 Å². The number of aliphatic carboxylic acids is 1. The van der Waals surface area contributed by atoms with Crippen molar-refractivity contribution in [2.24, 2.45) is 0 Å². The summed E-state index contributed by atoms with van der Waals surface area (Å²) in [5.74, 6) is -1.08. The van der Waals surface area contributed by atoms with E-state index in [-0.39, 0.29) is 4.90 Å². The van der Waals surface area contributed by atoms with Crippen LogP contribution in [0.4, 0.5) is 4.39 Å². The molecule has 0 radical (unpaired) electrons. The fourth-order valence-corrected chi connectivity index (χ4v) is 5.11. The molecule has 0 bridgehead atoms. The van der Waals surface area contributed by atoms with Crippen LogP contribution in [0, 0.1) is 5.82 Å². The Labute approximate surface area is 184 Å². The lowest BCUT2D eigenvalue weighted by molar-refractivity contribution is -0.139. The molecule has 2 N–H and O–H groups in total. The van der Waals surface area contributed by atoms with Gasteiger partial charge in [-0.15, -0.1) is 0 Å².